The Balaban J connectivity index is 1.81. The highest BCUT2D eigenvalue weighted by Gasteiger charge is 2.11. The molecule has 2 aromatic rings. The van der Waals surface area contributed by atoms with Crippen molar-refractivity contribution in [2.45, 2.75) is 39.2 Å². The second-order valence-corrected chi connectivity index (χ2v) is 4.97. The van der Waals surface area contributed by atoms with E-state index in [4.69, 9.17) is 0 Å². The summed E-state index contributed by atoms with van der Waals surface area (Å²) in [5.74, 6) is 2.30. The summed E-state index contributed by atoms with van der Waals surface area (Å²) in [5, 5.41) is 0. The van der Waals surface area contributed by atoms with Crippen LogP contribution >= 0.6 is 0 Å². The molecule has 1 aromatic heterocycles. The van der Waals surface area contributed by atoms with Gasteiger partial charge in [0, 0.05) is 31.3 Å². The fourth-order valence-electron chi connectivity index (χ4n) is 2.40. The molecule has 1 heterocycles. The first-order valence-corrected chi connectivity index (χ1v) is 7.12. The highest BCUT2D eigenvalue weighted by Crippen LogP contribution is 2.23. The quantitative estimate of drug-likeness (QED) is 0.542. The molecule has 0 N–H and O–H groups in total. The average molecular weight is 269 g/mol. The molecule has 0 aliphatic rings. The Kier molecular flexibility index (Phi) is 5.54. The number of unbranched alkanes of at least 4 members (excludes halogenated alkanes) is 1. The van der Waals surface area contributed by atoms with Crippen molar-refractivity contribution in [3.05, 3.63) is 60.0 Å². The van der Waals surface area contributed by atoms with E-state index < -0.39 is 0 Å². The number of carbonyl (C=O) groups is 1. The highest BCUT2D eigenvalue weighted by molar-refractivity contribution is 5.56. The van der Waals surface area contributed by atoms with Gasteiger partial charge in [0.15, 0.2) is 0 Å². The third-order valence-electron chi connectivity index (χ3n) is 3.56. The molecule has 105 valence electrons. The summed E-state index contributed by atoms with van der Waals surface area (Å²) in [7, 11) is 0. The second-order valence-electron chi connectivity index (χ2n) is 4.97. The van der Waals surface area contributed by atoms with Gasteiger partial charge in [0.05, 0.1) is 0 Å². The molecule has 2 rings (SSSR count). The van der Waals surface area contributed by atoms with E-state index in [-0.39, 0.29) is 0 Å². The summed E-state index contributed by atoms with van der Waals surface area (Å²) in [4.78, 5) is 15.0. The van der Waals surface area contributed by atoms with Gasteiger partial charge in [0.2, 0.25) is 0 Å². The number of nitrogens with zero attached hydrogens (tertiary/aromatic N) is 2. The van der Waals surface area contributed by atoms with Gasteiger partial charge in [0.1, 0.15) is 12.1 Å². The van der Waals surface area contributed by atoms with Crippen molar-refractivity contribution >= 4 is 6.29 Å². The number of aryl methyl sites for hydroxylation is 2. The minimum Gasteiger partial charge on any atom is -0.335 e. The lowest BCUT2D eigenvalue weighted by atomic mass is 9.91. The maximum absolute atomic E-state index is 10.8. The molecule has 0 saturated heterocycles. The number of carbonyl (C=O) groups excluding carboxylic acids is 1. The lowest BCUT2D eigenvalue weighted by molar-refractivity contribution is -0.107. The van der Waals surface area contributed by atoms with Crippen molar-refractivity contribution in [2.75, 3.05) is 0 Å². The number of imidazole rings is 1. The number of benzene rings is 1. The molecule has 0 aliphatic carbocycles. The second kappa shape index (κ2) is 7.63. The average Bonchev–Trinajstić information content (AvgIpc) is 2.89. The van der Waals surface area contributed by atoms with Crippen LogP contribution in [0.2, 0.25) is 0 Å². The SMILES string of the molecule is Cc1nccn1CCCC[C](CC=O)c1ccccc1. The van der Waals surface area contributed by atoms with E-state index in [1.54, 1.807) is 0 Å². The molecule has 3 heteroatoms. The number of aldehydes is 1. The van der Waals surface area contributed by atoms with Gasteiger partial charge in [-0.25, -0.2) is 4.98 Å². The summed E-state index contributed by atoms with van der Waals surface area (Å²) in [5.41, 5.74) is 1.19. The third kappa shape index (κ3) is 4.05. The van der Waals surface area contributed by atoms with Crippen LogP contribution in [0.3, 0.4) is 0 Å². The molecule has 0 atom stereocenters. The van der Waals surface area contributed by atoms with Gasteiger partial charge in [0.25, 0.3) is 0 Å². The smallest absolute Gasteiger partial charge is 0.120 e. The van der Waals surface area contributed by atoms with Crippen molar-refractivity contribution in [1.29, 1.82) is 0 Å². The van der Waals surface area contributed by atoms with E-state index in [0.29, 0.717) is 6.42 Å². The van der Waals surface area contributed by atoms with Gasteiger partial charge in [-0.1, -0.05) is 36.8 Å². The standard InChI is InChI=1S/C17H21N2O/c1-15-18-11-13-19(15)12-6-5-9-17(10-14-20)16-7-3-2-4-8-16/h2-4,7-8,11,13-14H,5-6,9-10,12H2,1H3. The van der Waals surface area contributed by atoms with E-state index >= 15 is 0 Å². The van der Waals surface area contributed by atoms with E-state index in [1.807, 2.05) is 37.5 Å². The zero-order valence-electron chi connectivity index (χ0n) is 12.0. The maximum atomic E-state index is 10.8. The van der Waals surface area contributed by atoms with Crippen LogP contribution in [0.25, 0.3) is 0 Å². The lowest BCUT2D eigenvalue weighted by Crippen LogP contribution is -2.03. The minimum absolute atomic E-state index is 0.536. The summed E-state index contributed by atoms with van der Waals surface area (Å²) in [6.45, 7) is 3.02. The minimum atomic E-state index is 0.536. The number of rotatable bonds is 8. The van der Waals surface area contributed by atoms with Crippen LogP contribution in [0.5, 0.6) is 0 Å². The normalized spacial score (nSPS) is 10.9. The van der Waals surface area contributed by atoms with Crippen molar-refractivity contribution in [3.8, 4) is 0 Å². The summed E-state index contributed by atoms with van der Waals surface area (Å²) < 4.78 is 2.17. The predicted molar refractivity (Wildman–Crippen MR) is 80.3 cm³/mol. The Morgan fingerprint density at radius 2 is 2.05 bits per heavy atom. The highest BCUT2D eigenvalue weighted by atomic mass is 16.1. The first-order valence-electron chi connectivity index (χ1n) is 7.12. The molecular formula is C17H21N2O. The van der Waals surface area contributed by atoms with E-state index in [9.17, 15) is 4.79 Å². The molecule has 0 aliphatic heterocycles. The Bertz CT molecular complexity index is 519. The summed E-state index contributed by atoms with van der Waals surface area (Å²) in [6.07, 6.45) is 8.57. The van der Waals surface area contributed by atoms with Crippen LogP contribution in [0.1, 0.15) is 37.1 Å². The molecule has 1 aromatic carbocycles. The Labute approximate surface area is 120 Å². The molecule has 0 fully saturated rings. The van der Waals surface area contributed by atoms with Gasteiger partial charge in [-0.05, 0) is 25.3 Å². The monoisotopic (exact) mass is 269 g/mol. The predicted octanol–water partition coefficient (Wildman–Crippen LogP) is 3.57. The largest absolute Gasteiger partial charge is 0.335 e. The van der Waals surface area contributed by atoms with E-state index in [0.717, 1.165) is 37.9 Å². The van der Waals surface area contributed by atoms with Crippen molar-refractivity contribution in [2.24, 2.45) is 0 Å². The van der Waals surface area contributed by atoms with Crippen LogP contribution in [0, 0.1) is 12.8 Å². The number of aromatic nitrogens is 2. The van der Waals surface area contributed by atoms with Gasteiger partial charge in [-0.3, -0.25) is 0 Å². The first kappa shape index (κ1) is 14.5. The zero-order valence-corrected chi connectivity index (χ0v) is 12.0. The van der Waals surface area contributed by atoms with Gasteiger partial charge in [-0.2, -0.15) is 0 Å². The third-order valence-corrected chi connectivity index (χ3v) is 3.56. The van der Waals surface area contributed by atoms with E-state index in [2.05, 4.69) is 21.7 Å². The lowest BCUT2D eigenvalue weighted by Gasteiger charge is -2.14. The van der Waals surface area contributed by atoms with Gasteiger partial charge >= 0.3 is 0 Å². The van der Waals surface area contributed by atoms with Crippen LogP contribution in [0.15, 0.2) is 42.7 Å². The van der Waals surface area contributed by atoms with Crippen LogP contribution < -0.4 is 0 Å². The topological polar surface area (TPSA) is 34.9 Å². The molecule has 1 radical (unpaired) electrons. The summed E-state index contributed by atoms with van der Waals surface area (Å²) >= 11 is 0. The summed E-state index contributed by atoms with van der Waals surface area (Å²) in [6, 6.07) is 10.2. The molecular weight excluding hydrogens is 248 g/mol. The Hall–Kier alpha value is -1.90. The Morgan fingerprint density at radius 1 is 1.25 bits per heavy atom. The van der Waals surface area contributed by atoms with Crippen LogP contribution in [-0.4, -0.2) is 15.8 Å². The molecule has 0 saturated carbocycles. The van der Waals surface area contributed by atoms with Gasteiger partial charge < -0.3 is 9.36 Å². The van der Waals surface area contributed by atoms with Crippen molar-refractivity contribution < 1.29 is 4.79 Å². The first-order chi connectivity index (χ1) is 9.81. The number of hydrogen-bond acceptors (Lipinski definition) is 2. The molecule has 20 heavy (non-hydrogen) atoms. The zero-order chi connectivity index (χ0) is 14.2. The van der Waals surface area contributed by atoms with Crippen molar-refractivity contribution in [3.63, 3.8) is 0 Å². The van der Waals surface area contributed by atoms with E-state index in [1.165, 1.54) is 11.5 Å². The number of hydrogen-bond donors (Lipinski definition) is 0. The van der Waals surface area contributed by atoms with Gasteiger partial charge in [-0.15, -0.1) is 0 Å². The molecule has 0 unspecified atom stereocenters. The molecule has 3 nitrogen and oxygen atoms in total. The fraction of sp³-hybridized carbons (Fsp3) is 0.353. The van der Waals surface area contributed by atoms with Crippen LogP contribution in [0.4, 0.5) is 0 Å². The fourth-order valence-corrected chi connectivity index (χ4v) is 2.40. The van der Waals surface area contributed by atoms with Crippen LogP contribution in [-0.2, 0) is 11.3 Å². The Morgan fingerprint density at radius 3 is 2.70 bits per heavy atom. The molecule has 0 spiro atoms. The molecule has 0 amide bonds. The van der Waals surface area contributed by atoms with Crippen molar-refractivity contribution in [1.82, 2.24) is 9.55 Å². The maximum Gasteiger partial charge on any atom is 0.120 e. The molecule has 0 bridgehead atoms.